The van der Waals surface area contributed by atoms with Gasteiger partial charge in [0.15, 0.2) is 12.6 Å². The number of carbonyl (C=O) groups is 1. The van der Waals surface area contributed by atoms with Gasteiger partial charge < -0.3 is 65.1 Å². The van der Waals surface area contributed by atoms with E-state index in [-0.39, 0.29) is 18.9 Å². The monoisotopic (exact) mass is 892 g/mol. The van der Waals surface area contributed by atoms with Crippen LogP contribution >= 0.6 is 0 Å². The Balaban J connectivity index is 1.78. The summed E-state index contributed by atoms with van der Waals surface area (Å²) in [7, 11) is 0. The number of nitrogens with one attached hydrogen (secondary N) is 1. The Morgan fingerprint density at radius 1 is 0.587 bits per heavy atom. The van der Waals surface area contributed by atoms with E-state index in [4.69, 9.17) is 18.9 Å². The van der Waals surface area contributed by atoms with Crippen LogP contribution in [0.25, 0.3) is 0 Å². The molecule has 2 saturated heterocycles. The molecule has 0 aromatic carbocycles. The zero-order valence-corrected chi connectivity index (χ0v) is 37.8. The molecule has 2 fully saturated rings. The number of hydrogen-bond acceptors (Lipinski definition) is 13. The second kappa shape index (κ2) is 35.4. The van der Waals surface area contributed by atoms with E-state index in [1.165, 1.54) is 0 Å². The standard InChI is InChI=1S/C49H81NO13/c1-3-5-7-9-11-12-13-14-15-16-17-18-19-20-21-22-23-24-25-26-27-29-31-33-41(54)50-37(38(53)32-30-28-10-8-6-4-2)36-60-48-46(59)44(57)47(40(35-52)62-48)63-49-45(58)43(56)42(55)39(34-51)61-49/h5,7,11-12,14-15,17-18,20-21,23-24,30,32,37-40,42-49,51-53,55-59H,3-4,6,8-10,13,16,19,22,25-29,31,33-36H2,1-2H3,(H,50,54)/b7-5-,12-11-,15-14-,18-17-,21-20-,24-23-,32-30+. The van der Waals surface area contributed by atoms with Crippen LogP contribution in [0.2, 0.25) is 0 Å². The molecule has 0 spiro atoms. The molecule has 2 aliphatic heterocycles. The van der Waals surface area contributed by atoms with Crippen molar-refractivity contribution in [2.24, 2.45) is 0 Å². The Morgan fingerprint density at radius 2 is 1.10 bits per heavy atom. The smallest absolute Gasteiger partial charge is 0.220 e. The fourth-order valence-electron chi connectivity index (χ4n) is 7.00. The molecule has 9 N–H and O–H groups in total. The van der Waals surface area contributed by atoms with Gasteiger partial charge in [0.25, 0.3) is 0 Å². The average molecular weight is 892 g/mol. The third-order valence-corrected chi connectivity index (χ3v) is 10.8. The average Bonchev–Trinajstić information content (AvgIpc) is 3.28. The molecule has 12 unspecified atom stereocenters. The van der Waals surface area contributed by atoms with Crippen molar-refractivity contribution in [1.82, 2.24) is 5.32 Å². The maximum atomic E-state index is 13.1. The molecule has 0 aliphatic carbocycles. The number of unbranched alkanes of at least 4 members (excludes halogenated alkanes) is 8. The molecule has 63 heavy (non-hydrogen) atoms. The molecule has 0 aromatic rings. The van der Waals surface area contributed by atoms with Gasteiger partial charge in [-0.15, -0.1) is 0 Å². The third-order valence-electron chi connectivity index (χ3n) is 10.8. The van der Waals surface area contributed by atoms with Crippen molar-refractivity contribution in [1.29, 1.82) is 0 Å². The van der Waals surface area contributed by atoms with Crippen LogP contribution < -0.4 is 5.32 Å². The van der Waals surface area contributed by atoms with E-state index < -0.39 is 86.8 Å². The first-order chi connectivity index (χ1) is 30.6. The minimum Gasteiger partial charge on any atom is -0.394 e. The Bertz CT molecular complexity index is 1380. The van der Waals surface area contributed by atoms with Crippen molar-refractivity contribution in [2.75, 3.05) is 19.8 Å². The van der Waals surface area contributed by atoms with Crippen LogP contribution in [-0.2, 0) is 23.7 Å². The Labute approximate surface area is 376 Å². The van der Waals surface area contributed by atoms with Crippen LogP contribution in [-0.4, -0.2) is 140 Å². The number of aliphatic hydroxyl groups is 8. The summed E-state index contributed by atoms with van der Waals surface area (Å²) in [5.74, 6) is -0.276. The molecule has 1 amide bonds. The maximum absolute atomic E-state index is 13.1. The van der Waals surface area contributed by atoms with Gasteiger partial charge in [-0.25, -0.2) is 0 Å². The highest BCUT2D eigenvalue weighted by Crippen LogP contribution is 2.30. The van der Waals surface area contributed by atoms with Gasteiger partial charge in [0.05, 0.1) is 32.0 Å². The summed E-state index contributed by atoms with van der Waals surface area (Å²) in [4.78, 5) is 13.1. The predicted octanol–water partition coefficient (Wildman–Crippen LogP) is 5.04. The van der Waals surface area contributed by atoms with Gasteiger partial charge in [0.2, 0.25) is 5.91 Å². The lowest BCUT2D eigenvalue weighted by molar-refractivity contribution is -0.359. The summed E-state index contributed by atoms with van der Waals surface area (Å²) in [6.45, 7) is 2.52. The summed E-state index contributed by atoms with van der Waals surface area (Å²) in [6, 6.07) is -0.930. The van der Waals surface area contributed by atoms with E-state index in [0.29, 0.717) is 6.42 Å². The van der Waals surface area contributed by atoms with E-state index in [1.54, 1.807) is 6.08 Å². The number of hydrogen-bond donors (Lipinski definition) is 9. The van der Waals surface area contributed by atoms with Gasteiger partial charge in [-0.05, 0) is 70.6 Å². The molecule has 14 heteroatoms. The van der Waals surface area contributed by atoms with Gasteiger partial charge in [0, 0.05) is 6.42 Å². The molecule has 360 valence electrons. The van der Waals surface area contributed by atoms with Crippen LogP contribution in [0, 0.1) is 0 Å². The van der Waals surface area contributed by atoms with Gasteiger partial charge in [-0.3, -0.25) is 4.79 Å². The Morgan fingerprint density at radius 3 is 1.67 bits per heavy atom. The van der Waals surface area contributed by atoms with Crippen LogP contribution in [0.5, 0.6) is 0 Å². The normalized spacial score (nSPS) is 28.3. The van der Waals surface area contributed by atoms with Crippen molar-refractivity contribution in [3.63, 3.8) is 0 Å². The lowest BCUT2D eigenvalue weighted by Gasteiger charge is -2.46. The zero-order chi connectivity index (χ0) is 46.1. The van der Waals surface area contributed by atoms with Crippen molar-refractivity contribution < 1.29 is 64.6 Å². The van der Waals surface area contributed by atoms with E-state index in [9.17, 15) is 45.6 Å². The first-order valence-corrected chi connectivity index (χ1v) is 23.3. The minimum atomic E-state index is -1.79. The van der Waals surface area contributed by atoms with Crippen LogP contribution in [0.4, 0.5) is 0 Å². The minimum absolute atomic E-state index is 0.245. The third kappa shape index (κ3) is 23.3. The molecular weight excluding hydrogens is 811 g/mol. The zero-order valence-electron chi connectivity index (χ0n) is 37.8. The van der Waals surface area contributed by atoms with E-state index in [1.807, 2.05) is 6.08 Å². The molecule has 0 aromatic heterocycles. The summed E-state index contributed by atoms with van der Waals surface area (Å²) in [5.41, 5.74) is 0. The van der Waals surface area contributed by atoms with E-state index in [0.717, 1.165) is 96.3 Å². The van der Waals surface area contributed by atoms with Crippen LogP contribution in [0.3, 0.4) is 0 Å². The fourth-order valence-corrected chi connectivity index (χ4v) is 7.00. The number of aliphatic hydroxyl groups excluding tert-OH is 8. The van der Waals surface area contributed by atoms with Crippen LogP contribution in [0.15, 0.2) is 85.1 Å². The molecular formula is C49H81NO13. The van der Waals surface area contributed by atoms with E-state index >= 15 is 0 Å². The van der Waals surface area contributed by atoms with Gasteiger partial charge in [-0.1, -0.05) is 131 Å². The molecule has 2 heterocycles. The molecule has 2 aliphatic rings. The van der Waals surface area contributed by atoms with Crippen LogP contribution in [0.1, 0.15) is 123 Å². The first kappa shape index (κ1) is 56.3. The van der Waals surface area contributed by atoms with Crippen molar-refractivity contribution in [3.05, 3.63) is 85.1 Å². The second-order valence-electron chi connectivity index (χ2n) is 16.1. The van der Waals surface area contributed by atoms with Gasteiger partial charge >= 0.3 is 0 Å². The number of carbonyl (C=O) groups excluding carboxylic acids is 1. The molecule has 14 nitrogen and oxygen atoms in total. The molecule has 12 atom stereocenters. The summed E-state index contributed by atoms with van der Waals surface area (Å²) in [5, 5.41) is 86.1. The highest BCUT2D eigenvalue weighted by Gasteiger charge is 2.50. The van der Waals surface area contributed by atoms with Crippen molar-refractivity contribution in [2.45, 2.75) is 197 Å². The number of rotatable bonds is 33. The Hall–Kier alpha value is -2.83. The number of ether oxygens (including phenoxy) is 4. The van der Waals surface area contributed by atoms with E-state index in [2.05, 4.69) is 92.1 Å². The maximum Gasteiger partial charge on any atom is 0.220 e. The molecule has 0 radical (unpaired) electrons. The second-order valence-corrected chi connectivity index (χ2v) is 16.1. The molecule has 2 rings (SSSR count). The number of allylic oxidation sites excluding steroid dienone is 13. The quantitative estimate of drug-likeness (QED) is 0.0312. The van der Waals surface area contributed by atoms with Gasteiger partial charge in [0.1, 0.15) is 48.8 Å². The SMILES string of the molecule is CC/C=C\C/C=C\C/C=C\C/C=C\C/C=C\C/C=C\CCCCCCC(=O)NC(COC1OC(CO)C(OC2OC(CO)C(O)C(O)C2O)C(O)C1O)C(O)/C=C/CCCCCC. The lowest BCUT2D eigenvalue weighted by Crippen LogP contribution is -2.65. The summed E-state index contributed by atoms with van der Waals surface area (Å²) < 4.78 is 22.5. The van der Waals surface area contributed by atoms with Crippen molar-refractivity contribution in [3.8, 4) is 0 Å². The summed E-state index contributed by atoms with van der Waals surface area (Å²) >= 11 is 0. The fraction of sp³-hybridized carbons (Fsp3) is 0.694. The Kier molecular flexibility index (Phi) is 31.7. The predicted molar refractivity (Wildman–Crippen MR) is 244 cm³/mol. The molecule has 0 saturated carbocycles. The highest BCUT2D eigenvalue weighted by molar-refractivity contribution is 5.76. The molecule has 0 bridgehead atoms. The number of amides is 1. The topological polar surface area (TPSA) is 228 Å². The van der Waals surface area contributed by atoms with Crippen molar-refractivity contribution >= 4 is 5.91 Å². The van der Waals surface area contributed by atoms with Gasteiger partial charge in [-0.2, -0.15) is 0 Å². The first-order valence-electron chi connectivity index (χ1n) is 23.3. The largest absolute Gasteiger partial charge is 0.394 e. The summed E-state index contributed by atoms with van der Waals surface area (Å²) in [6.07, 6.45) is 28.1. The highest BCUT2D eigenvalue weighted by atomic mass is 16.7. The lowest BCUT2D eigenvalue weighted by atomic mass is 9.97.